The van der Waals surface area contributed by atoms with E-state index in [1.54, 1.807) is 11.8 Å². The number of benzene rings is 1. The van der Waals surface area contributed by atoms with Crippen molar-refractivity contribution >= 4 is 17.4 Å². The largest absolute Gasteiger partial charge is 0.378 e. The highest BCUT2D eigenvalue weighted by Crippen LogP contribution is 2.25. The Hall–Kier alpha value is -0.670. The average Bonchev–Trinajstić information content (AvgIpc) is 2.30. The molecule has 0 bridgehead atoms. The molecule has 0 aliphatic carbocycles. The van der Waals surface area contributed by atoms with Crippen LogP contribution in [0.3, 0.4) is 0 Å². The van der Waals surface area contributed by atoms with Gasteiger partial charge < -0.3 is 9.64 Å². The molecule has 0 radical (unpaired) electrons. The standard InChI is InChI=1S/C12H17NOS/c1-10-9-11(15-2)3-4-12(10)13-5-7-14-8-6-13/h3-4,9H,5-8H2,1-2H3. The van der Waals surface area contributed by atoms with Crippen molar-refractivity contribution in [2.45, 2.75) is 11.8 Å². The number of anilines is 1. The summed E-state index contributed by atoms with van der Waals surface area (Å²) in [5, 5.41) is 0. The van der Waals surface area contributed by atoms with Gasteiger partial charge in [0.25, 0.3) is 0 Å². The fourth-order valence-corrected chi connectivity index (χ4v) is 2.41. The minimum Gasteiger partial charge on any atom is -0.378 e. The third-order valence-corrected chi connectivity index (χ3v) is 3.48. The van der Waals surface area contributed by atoms with Gasteiger partial charge >= 0.3 is 0 Å². The van der Waals surface area contributed by atoms with Crippen molar-refractivity contribution in [1.29, 1.82) is 0 Å². The van der Waals surface area contributed by atoms with E-state index in [2.05, 4.69) is 36.3 Å². The zero-order valence-corrected chi connectivity index (χ0v) is 10.1. The molecule has 1 saturated heterocycles. The molecule has 1 aromatic carbocycles. The first kappa shape index (κ1) is 10.8. The van der Waals surface area contributed by atoms with Crippen LogP contribution in [0.1, 0.15) is 5.56 Å². The van der Waals surface area contributed by atoms with Gasteiger partial charge in [0.05, 0.1) is 13.2 Å². The van der Waals surface area contributed by atoms with Crippen molar-refractivity contribution < 1.29 is 4.74 Å². The normalized spacial score (nSPS) is 16.8. The highest BCUT2D eigenvalue weighted by molar-refractivity contribution is 7.98. The van der Waals surface area contributed by atoms with Crippen LogP contribution in [0, 0.1) is 6.92 Å². The second kappa shape index (κ2) is 4.90. The van der Waals surface area contributed by atoms with Crippen molar-refractivity contribution in [3.05, 3.63) is 23.8 Å². The maximum absolute atomic E-state index is 5.36. The molecule has 0 N–H and O–H groups in total. The molecule has 1 aliphatic heterocycles. The summed E-state index contributed by atoms with van der Waals surface area (Å²) in [7, 11) is 0. The molecule has 15 heavy (non-hydrogen) atoms. The molecule has 0 unspecified atom stereocenters. The maximum Gasteiger partial charge on any atom is 0.0642 e. The zero-order valence-electron chi connectivity index (χ0n) is 9.32. The van der Waals surface area contributed by atoms with E-state index < -0.39 is 0 Å². The predicted molar refractivity (Wildman–Crippen MR) is 66.0 cm³/mol. The van der Waals surface area contributed by atoms with Crippen LogP contribution in [0.2, 0.25) is 0 Å². The Morgan fingerprint density at radius 2 is 2.00 bits per heavy atom. The summed E-state index contributed by atoms with van der Waals surface area (Å²) in [5.41, 5.74) is 2.72. The summed E-state index contributed by atoms with van der Waals surface area (Å²) in [4.78, 5) is 3.74. The summed E-state index contributed by atoms with van der Waals surface area (Å²) in [5.74, 6) is 0. The minimum absolute atomic E-state index is 0.851. The lowest BCUT2D eigenvalue weighted by molar-refractivity contribution is 0.122. The van der Waals surface area contributed by atoms with Crippen LogP contribution in [-0.4, -0.2) is 32.6 Å². The molecule has 1 aromatic rings. The van der Waals surface area contributed by atoms with Gasteiger partial charge in [0.1, 0.15) is 0 Å². The number of rotatable bonds is 2. The first-order valence-electron chi connectivity index (χ1n) is 5.28. The fraction of sp³-hybridized carbons (Fsp3) is 0.500. The smallest absolute Gasteiger partial charge is 0.0642 e. The summed E-state index contributed by atoms with van der Waals surface area (Å²) < 4.78 is 5.36. The molecule has 3 heteroatoms. The molecule has 0 amide bonds. The number of hydrogen-bond donors (Lipinski definition) is 0. The molecule has 2 nitrogen and oxygen atoms in total. The van der Waals surface area contributed by atoms with Crippen molar-refractivity contribution in [2.24, 2.45) is 0 Å². The van der Waals surface area contributed by atoms with E-state index in [0.717, 1.165) is 26.3 Å². The lowest BCUT2D eigenvalue weighted by Gasteiger charge is -2.30. The molecule has 2 rings (SSSR count). The molecule has 0 spiro atoms. The van der Waals surface area contributed by atoms with Gasteiger partial charge in [0.15, 0.2) is 0 Å². The number of thioether (sulfide) groups is 1. The Balaban J connectivity index is 2.19. The van der Waals surface area contributed by atoms with Gasteiger partial charge in [-0.1, -0.05) is 0 Å². The SMILES string of the molecule is CSc1ccc(N2CCOCC2)c(C)c1. The Morgan fingerprint density at radius 3 is 2.60 bits per heavy atom. The third-order valence-electron chi connectivity index (χ3n) is 2.76. The van der Waals surface area contributed by atoms with E-state index >= 15 is 0 Å². The lowest BCUT2D eigenvalue weighted by Crippen LogP contribution is -2.36. The molecule has 1 heterocycles. The summed E-state index contributed by atoms with van der Waals surface area (Å²) in [6.45, 7) is 5.91. The van der Waals surface area contributed by atoms with Gasteiger partial charge in [-0.2, -0.15) is 0 Å². The van der Waals surface area contributed by atoms with Crippen molar-refractivity contribution in [1.82, 2.24) is 0 Å². The van der Waals surface area contributed by atoms with E-state index in [1.165, 1.54) is 16.1 Å². The van der Waals surface area contributed by atoms with Crippen LogP contribution >= 0.6 is 11.8 Å². The van der Waals surface area contributed by atoms with E-state index in [0.29, 0.717) is 0 Å². The van der Waals surface area contributed by atoms with Gasteiger partial charge in [-0.15, -0.1) is 11.8 Å². The number of morpholine rings is 1. The number of ether oxygens (including phenoxy) is 1. The number of nitrogens with zero attached hydrogens (tertiary/aromatic N) is 1. The fourth-order valence-electron chi connectivity index (χ4n) is 1.91. The maximum atomic E-state index is 5.36. The van der Waals surface area contributed by atoms with Crippen LogP contribution < -0.4 is 4.90 Å². The lowest BCUT2D eigenvalue weighted by atomic mass is 10.1. The van der Waals surface area contributed by atoms with Crippen molar-refractivity contribution in [2.75, 3.05) is 37.5 Å². The van der Waals surface area contributed by atoms with Gasteiger partial charge in [0, 0.05) is 23.7 Å². The van der Waals surface area contributed by atoms with Crippen LogP contribution in [0.4, 0.5) is 5.69 Å². The second-order valence-corrected chi connectivity index (χ2v) is 4.63. The predicted octanol–water partition coefficient (Wildman–Crippen LogP) is 2.55. The Kier molecular flexibility index (Phi) is 3.54. The number of hydrogen-bond acceptors (Lipinski definition) is 3. The first-order valence-corrected chi connectivity index (χ1v) is 6.51. The minimum atomic E-state index is 0.851. The van der Waals surface area contributed by atoms with Crippen LogP contribution in [-0.2, 0) is 4.74 Å². The van der Waals surface area contributed by atoms with Crippen LogP contribution in [0.15, 0.2) is 23.1 Å². The highest BCUT2D eigenvalue weighted by Gasteiger charge is 2.12. The van der Waals surface area contributed by atoms with Crippen molar-refractivity contribution in [3.8, 4) is 0 Å². The third kappa shape index (κ3) is 2.47. The van der Waals surface area contributed by atoms with Crippen LogP contribution in [0.5, 0.6) is 0 Å². The highest BCUT2D eigenvalue weighted by atomic mass is 32.2. The number of aryl methyl sites for hydroxylation is 1. The molecular formula is C12H17NOS. The molecular weight excluding hydrogens is 206 g/mol. The zero-order chi connectivity index (χ0) is 10.7. The summed E-state index contributed by atoms with van der Waals surface area (Å²) in [6.07, 6.45) is 2.11. The summed E-state index contributed by atoms with van der Waals surface area (Å²) >= 11 is 1.80. The summed E-state index contributed by atoms with van der Waals surface area (Å²) in [6, 6.07) is 6.68. The molecule has 82 valence electrons. The monoisotopic (exact) mass is 223 g/mol. The first-order chi connectivity index (χ1) is 7.31. The second-order valence-electron chi connectivity index (χ2n) is 3.75. The topological polar surface area (TPSA) is 12.5 Å². The molecule has 0 saturated carbocycles. The van der Waals surface area contributed by atoms with Crippen LogP contribution in [0.25, 0.3) is 0 Å². The Morgan fingerprint density at radius 1 is 1.27 bits per heavy atom. The quantitative estimate of drug-likeness (QED) is 0.715. The van der Waals surface area contributed by atoms with Gasteiger partial charge in [-0.3, -0.25) is 0 Å². The van der Waals surface area contributed by atoms with E-state index in [4.69, 9.17) is 4.74 Å². The molecule has 0 atom stereocenters. The van der Waals surface area contributed by atoms with Gasteiger partial charge in [-0.05, 0) is 36.9 Å². The van der Waals surface area contributed by atoms with Gasteiger partial charge in [-0.25, -0.2) is 0 Å². The molecule has 0 aromatic heterocycles. The van der Waals surface area contributed by atoms with Crippen molar-refractivity contribution in [3.63, 3.8) is 0 Å². The van der Waals surface area contributed by atoms with Gasteiger partial charge in [0.2, 0.25) is 0 Å². The molecule has 1 aliphatic rings. The average molecular weight is 223 g/mol. The Bertz CT molecular complexity index is 334. The Labute approximate surface area is 95.6 Å². The van der Waals surface area contributed by atoms with E-state index in [-0.39, 0.29) is 0 Å². The van der Waals surface area contributed by atoms with E-state index in [1.807, 2.05) is 0 Å². The molecule has 1 fully saturated rings. The van der Waals surface area contributed by atoms with E-state index in [9.17, 15) is 0 Å².